The number of rotatable bonds is 5. The summed E-state index contributed by atoms with van der Waals surface area (Å²) in [7, 11) is 0. The van der Waals surface area contributed by atoms with Gasteiger partial charge in [0.2, 0.25) is 11.7 Å². The Labute approximate surface area is 159 Å². The normalized spacial score (nSPS) is 11.1. The molecule has 1 amide bonds. The molecular formula is C17H13Cl2N3O2S. The first kappa shape index (κ1) is 19.1. The van der Waals surface area contributed by atoms with Crippen LogP contribution in [0.4, 0.5) is 5.13 Å². The minimum Gasteiger partial charge on any atom is -0.289 e. The zero-order chi connectivity index (χ0) is 18.6. The van der Waals surface area contributed by atoms with Gasteiger partial charge in [0.15, 0.2) is 5.13 Å². The average molecular weight is 394 g/mol. The van der Waals surface area contributed by atoms with E-state index < -0.39 is 5.78 Å². The molecule has 25 heavy (non-hydrogen) atoms. The predicted octanol–water partition coefficient (Wildman–Crippen LogP) is 4.61. The predicted molar refractivity (Wildman–Crippen MR) is 100 cm³/mol. The van der Waals surface area contributed by atoms with Gasteiger partial charge in [-0.25, -0.2) is 4.98 Å². The second kappa shape index (κ2) is 8.26. The second-order valence-electron chi connectivity index (χ2n) is 4.91. The molecule has 8 heteroatoms. The lowest BCUT2D eigenvalue weighted by atomic mass is 10.0. The third-order valence-corrected chi connectivity index (χ3v) is 4.80. The molecule has 5 nitrogen and oxygen atoms in total. The van der Waals surface area contributed by atoms with Crippen LogP contribution < -0.4 is 4.90 Å². The summed E-state index contributed by atoms with van der Waals surface area (Å²) in [5, 5.41) is 11.9. The van der Waals surface area contributed by atoms with Gasteiger partial charge >= 0.3 is 0 Å². The van der Waals surface area contributed by atoms with E-state index in [1.807, 2.05) is 13.0 Å². The molecule has 0 radical (unpaired) electrons. The standard InChI is InChI=1S/C17H13Cl2N3O2S/c1-3-22(10(2)23)17-21-12(9-25-17)7-11(8-20)16(24)15-13(18)5-4-6-14(15)19/h4-7,9H,3H2,1-2H3. The lowest BCUT2D eigenvalue weighted by Crippen LogP contribution is -2.27. The largest absolute Gasteiger partial charge is 0.289 e. The molecule has 0 bridgehead atoms. The Kier molecular flexibility index (Phi) is 6.32. The van der Waals surface area contributed by atoms with Crippen LogP contribution >= 0.6 is 34.5 Å². The van der Waals surface area contributed by atoms with Crippen molar-refractivity contribution in [3.63, 3.8) is 0 Å². The van der Waals surface area contributed by atoms with Crippen LogP contribution in [0.15, 0.2) is 29.2 Å². The van der Waals surface area contributed by atoms with E-state index in [0.717, 1.165) is 0 Å². The van der Waals surface area contributed by atoms with Gasteiger partial charge in [0.05, 0.1) is 21.3 Å². The van der Waals surface area contributed by atoms with Crippen molar-refractivity contribution >= 4 is 57.4 Å². The highest BCUT2D eigenvalue weighted by Gasteiger charge is 2.20. The van der Waals surface area contributed by atoms with Crippen LogP contribution in [0.1, 0.15) is 29.9 Å². The van der Waals surface area contributed by atoms with E-state index in [1.165, 1.54) is 41.4 Å². The van der Waals surface area contributed by atoms with Crippen LogP contribution in [0, 0.1) is 11.3 Å². The topological polar surface area (TPSA) is 74.1 Å². The first-order chi connectivity index (χ1) is 11.9. The smallest absolute Gasteiger partial charge is 0.225 e. The Hall–Kier alpha value is -2.20. The summed E-state index contributed by atoms with van der Waals surface area (Å²) in [6, 6.07) is 6.53. The van der Waals surface area contributed by atoms with E-state index in [1.54, 1.807) is 11.4 Å². The number of amides is 1. The number of thiazole rings is 1. The van der Waals surface area contributed by atoms with Crippen LogP contribution in [0.3, 0.4) is 0 Å². The summed E-state index contributed by atoms with van der Waals surface area (Å²) in [5.41, 5.74) is 0.346. The van der Waals surface area contributed by atoms with E-state index >= 15 is 0 Å². The second-order valence-corrected chi connectivity index (χ2v) is 6.56. The van der Waals surface area contributed by atoms with Gasteiger partial charge in [-0.2, -0.15) is 5.26 Å². The number of carbonyl (C=O) groups is 2. The molecule has 0 aliphatic rings. The van der Waals surface area contributed by atoms with Crippen LogP contribution in [0.5, 0.6) is 0 Å². The molecule has 0 saturated heterocycles. The first-order valence-electron chi connectivity index (χ1n) is 7.23. The minimum absolute atomic E-state index is 0.0769. The lowest BCUT2D eigenvalue weighted by molar-refractivity contribution is -0.116. The van der Waals surface area contributed by atoms with E-state index in [0.29, 0.717) is 17.4 Å². The average Bonchev–Trinajstić information content (AvgIpc) is 3.00. The number of hydrogen-bond acceptors (Lipinski definition) is 5. The van der Waals surface area contributed by atoms with E-state index in [-0.39, 0.29) is 27.1 Å². The fraction of sp³-hybridized carbons (Fsp3) is 0.176. The lowest BCUT2D eigenvalue weighted by Gasteiger charge is -2.14. The van der Waals surface area contributed by atoms with Crippen molar-refractivity contribution in [3.05, 3.63) is 50.5 Å². The van der Waals surface area contributed by atoms with E-state index in [2.05, 4.69) is 4.98 Å². The molecule has 0 spiro atoms. The maximum atomic E-state index is 12.6. The quantitative estimate of drug-likeness (QED) is 0.422. The molecule has 0 saturated carbocycles. The Morgan fingerprint density at radius 2 is 2.00 bits per heavy atom. The van der Waals surface area contributed by atoms with Crippen molar-refractivity contribution in [1.29, 1.82) is 5.26 Å². The molecule has 2 rings (SSSR count). The molecule has 1 aromatic carbocycles. The number of hydrogen-bond donors (Lipinski definition) is 0. The molecular weight excluding hydrogens is 381 g/mol. The van der Waals surface area contributed by atoms with Gasteiger partial charge in [-0.1, -0.05) is 29.3 Å². The minimum atomic E-state index is -0.577. The molecule has 0 fully saturated rings. The highest BCUT2D eigenvalue weighted by molar-refractivity contribution is 7.14. The van der Waals surface area contributed by atoms with E-state index in [4.69, 9.17) is 23.2 Å². The molecule has 0 unspecified atom stereocenters. The van der Waals surface area contributed by atoms with Crippen LogP contribution in [0.2, 0.25) is 10.0 Å². The molecule has 128 valence electrons. The molecule has 1 heterocycles. The Balaban J connectivity index is 2.39. The van der Waals surface area contributed by atoms with Gasteiger partial charge < -0.3 is 0 Å². The zero-order valence-corrected chi connectivity index (χ0v) is 15.7. The maximum absolute atomic E-state index is 12.6. The maximum Gasteiger partial charge on any atom is 0.225 e. The number of nitrogens with zero attached hydrogens (tertiary/aromatic N) is 3. The van der Waals surface area contributed by atoms with Gasteiger partial charge in [0.25, 0.3) is 0 Å². The highest BCUT2D eigenvalue weighted by Crippen LogP contribution is 2.28. The Morgan fingerprint density at radius 1 is 1.36 bits per heavy atom. The number of halogens is 2. The van der Waals surface area contributed by atoms with Crippen LogP contribution in [0.25, 0.3) is 6.08 Å². The van der Waals surface area contributed by atoms with Crippen molar-refractivity contribution in [2.24, 2.45) is 0 Å². The summed E-state index contributed by atoms with van der Waals surface area (Å²) >= 11 is 13.3. The van der Waals surface area contributed by atoms with Gasteiger partial charge in [-0.3, -0.25) is 14.5 Å². The number of anilines is 1. The van der Waals surface area contributed by atoms with Crippen LogP contribution in [-0.4, -0.2) is 23.2 Å². The first-order valence-corrected chi connectivity index (χ1v) is 8.86. The van der Waals surface area contributed by atoms with Crippen molar-refractivity contribution in [2.45, 2.75) is 13.8 Å². The third kappa shape index (κ3) is 4.26. The number of nitriles is 1. The van der Waals surface area contributed by atoms with Gasteiger partial charge in [-0.15, -0.1) is 11.3 Å². The van der Waals surface area contributed by atoms with Crippen molar-refractivity contribution < 1.29 is 9.59 Å². The molecule has 0 atom stereocenters. The molecule has 0 aliphatic carbocycles. The van der Waals surface area contributed by atoms with Crippen molar-refractivity contribution in [3.8, 4) is 6.07 Å². The molecule has 0 aliphatic heterocycles. The SMILES string of the molecule is CCN(C(C)=O)c1nc(C=C(C#N)C(=O)c2c(Cl)cccc2Cl)cs1. The summed E-state index contributed by atoms with van der Waals surface area (Å²) in [5.74, 6) is -0.710. The zero-order valence-electron chi connectivity index (χ0n) is 13.4. The van der Waals surface area contributed by atoms with Crippen LogP contribution in [-0.2, 0) is 4.79 Å². The van der Waals surface area contributed by atoms with Crippen molar-refractivity contribution in [1.82, 2.24) is 4.98 Å². The third-order valence-electron chi connectivity index (χ3n) is 3.28. The Bertz CT molecular complexity index is 879. The number of Topliss-reactive ketones (excluding diaryl/α,β-unsaturated/α-hetero) is 1. The van der Waals surface area contributed by atoms with Crippen molar-refractivity contribution in [2.75, 3.05) is 11.4 Å². The Morgan fingerprint density at radius 3 is 2.52 bits per heavy atom. The summed E-state index contributed by atoms with van der Waals surface area (Å²) in [6.07, 6.45) is 1.36. The molecule has 0 N–H and O–H groups in total. The van der Waals surface area contributed by atoms with E-state index in [9.17, 15) is 14.9 Å². The highest BCUT2D eigenvalue weighted by atomic mass is 35.5. The molecule has 2 aromatic rings. The summed E-state index contributed by atoms with van der Waals surface area (Å²) in [4.78, 5) is 29.9. The van der Waals surface area contributed by atoms with Gasteiger partial charge in [0, 0.05) is 18.8 Å². The number of allylic oxidation sites excluding steroid dienone is 1. The number of benzene rings is 1. The number of ketones is 1. The van der Waals surface area contributed by atoms with Gasteiger partial charge in [0.1, 0.15) is 11.6 Å². The monoisotopic (exact) mass is 393 g/mol. The summed E-state index contributed by atoms with van der Waals surface area (Å²) in [6.45, 7) is 3.76. The fourth-order valence-corrected chi connectivity index (χ4v) is 3.56. The van der Waals surface area contributed by atoms with Gasteiger partial charge in [-0.05, 0) is 25.1 Å². The molecule has 1 aromatic heterocycles. The number of aromatic nitrogens is 1. The summed E-state index contributed by atoms with van der Waals surface area (Å²) < 4.78 is 0. The number of carbonyl (C=O) groups excluding carboxylic acids is 2. The fourth-order valence-electron chi connectivity index (χ4n) is 2.10.